The van der Waals surface area contributed by atoms with Crippen LogP contribution in [-0.4, -0.2) is 37.2 Å². The zero-order chi connectivity index (χ0) is 24.9. The van der Waals surface area contributed by atoms with E-state index in [4.69, 9.17) is 14.3 Å². The van der Waals surface area contributed by atoms with Crippen LogP contribution in [0.25, 0.3) is 33.8 Å². The van der Waals surface area contributed by atoms with Crippen molar-refractivity contribution in [1.82, 2.24) is 29.8 Å². The summed E-state index contributed by atoms with van der Waals surface area (Å²) < 4.78 is 17.9. The molecule has 3 heterocycles. The van der Waals surface area contributed by atoms with Gasteiger partial charge in [0.05, 0.1) is 30.0 Å². The SMILES string of the molecule is c1ccc(-c2ccn(OB(On3ccc(-c4ccccc4)n3)On3nccc3-c3ccccc3)n2)cc1. The summed E-state index contributed by atoms with van der Waals surface area (Å²) in [5.74, 6) is 0. The lowest BCUT2D eigenvalue weighted by molar-refractivity contribution is 0.0417. The highest BCUT2D eigenvalue weighted by atomic mass is 16.9. The standard InChI is InChI=1S/C27H21BN6O3/c1-4-10-22(11-5-1)25-17-20-32(30-25)35-28(36-33-21-18-26(31-33)23-12-6-2-7-13-23)37-34-27(16-19-29-34)24-14-8-3-9-15-24/h1-21H. The van der Waals surface area contributed by atoms with E-state index in [0.29, 0.717) is 0 Å². The van der Waals surface area contributed by atoms with Crippen LogP contribution in [0.5, 0.6) is 0 Å². The molecule has 0 N–H and O–H groups in total. The highest BCUT2D eigenvalue weighted by Crippen LogP contribution is 2.19. The number of aromatic nitrogens is 6. The maximum atomic E-state index is 6.02. The minimum Gasteiger partial charge on any atom is -0.380 e. The molecule has 6 rings (SSSR count). The summed E-state index contributed by atoms with van der Waals surface area (Å²) in [4.78, 5) is 3.93. The van der Waals surface area contributed by atoms with Crippen LogP contribution < -0.4 is 14.3 Å². The van der Waals surface area contributed by atoms with E-state index >= 15 is 0 Å². The largest absolute Gasteiger partial charge is 0.929 e. The van der Waals surface area contributed by atoms with Crippen molar-refractivity contribution >= 4 is 7.32 Å². The quantitative estimate of drug-likeness (QED) is 0.287. The number of rotatable bonds is 9. The lowest BCUT2D eigenvalue weighted by Gasteiger charge is -2.15. The number of benzene rings is 3. The Bertz CT molecular complexity index is 1490. The first-order chi connectivity index (χ1) is 18.3. The topological polar surface area (TPSA) is 81.1 Å². The third kappa shape index (κ3) is 5.08. The van der Waals surface area contributed by atoms with Crippen LogP contribution >= 0.6 is 0 Å². The zero-order valence-corrected chi connectivity index (χ0v) is 19.6. The minimum atomic E-state index is -1.28. The zero-order valence-electron chi connectivity index (χ0n) is 19.6. The highest BCUT2D eigenvalue weighted by molar-refractivity contribution is 6.37. The predicted octanol–water partition coefficient (Wildman–Crippen LogP) is 3.95. The second-order valence-electron chi connectivity index (χ2n) is 8.00. The fourth-order valence-corrected chi connectivity index (χ4v) is 3.76. The minimum absolute atomic E-state index is 0.730. The molecule has 0 radical (unpaired) electrons. The second-order valence-corrected chi connectivity index (χ2v) is 8.00. The monoisotopic (exact) mass is 488 g/mol. The molecule has 0 unspecified atom stereocenters. The molecule has 37 heavy (non-hydrogen) atoms. The molecule has 3 aromatic carbocycles. The molecule has 0 aliphatic rings. The average Bonchev–Trinajstić information content (AvgIpc) is 3.72. The molecule has 0 bridgehead atoms. The first-order valence-corrected chi connectivity index (χ1v) is 11.6. The Morgan fingerprint density at radius 1 is 0.514 bits per heavy atom. The van der Waals surface area contributed by atoms with Crippen LogP contribution in [0, 0.1) is 0 Å². The van der Waals surface area contributed by atoms with Crippen molar-refractivity contribution in [2.45, 2.75) is 0 Å². The molecule has 0 saturated carbocycles. The Balaban J connectivity index is 1.27. The van der Waals surface area contributed by atoms with Crippen LogP contribution in [0.1, 0.15) is 0 Å². The van der Waals surface area contributed by atoms with E-state index in [2.05, 4.69) is 15.3 Å². The molecule has 6 aromatic rings. The summed E-state index contributed by atoms with van der Waals surface area (Å²) in [6.07, 6.45) is 5.01. The van der Waals surface area contributed by atoms with Crippen molar-refractivity contribution in [2.75, 3.05) is 0 Å². The molecule has 0 atom stereocenters. The maximum absolute atomic E-state index is 6.02. The molecule has 0 fully saturated rings. The van der Waals surface area contributed by atoms with Crippen LogP contribution in [0.2, 0.25) is 0 Å². The van der Waals surface area contributed by atoms with Gasteiger partial charge in [0.15, 0.2) is 0 Å². The van der Waals surface area contributed by atoms with Crippen LogP contribution in [0.4, 0.5) is 0 Å². The van der Waals surface area contributed by atoms with Crippen molar-refractivity contribution in [2.24, 2.45) is 0 Å². The second kappa shape index (κ2) is 10.2. The first kappa shape index (κ1) is 22.2. The first-order valence-electron chi connectivity index (χ1n) is 11.6. The van der Waals surface area contributed by atoms with Crippen LogP contribution in [0.15, 0.2) is 128 Å². The van der Waals surface area contributed by atoms with Crippen LogP contribution in [-0.2, 0) is 0 Å². The Morgan fingerprint density at radius 3 is 1.51 bits per heavy atom. The molecule has 10 heteroatoms. The molecule has 3 aromatic heterocycles. The summed E-state index contributed by atoms with van der Waals surface area (Å²) in [5.41, 5.74) is 5.06. The predicted molar refractivity (Wildman–Crippen MR) is 138 cm³/mol. The van der Waals surface area contributed by atoms with E-state index in [0.717, 1.165) is 33.8 Å². The van der Waals surface area contributed by atoms with E-state index in [-0.39, 0.29) is 0 Å². The average molecular weight is 488 g/mol. The third-order valence-corrected chi connectivity index (χ3v) is 5.53. The molecular formula is C27H21BN6O3. The Kier molecular flexibility index (Phi) is 6.11. The van der Waals surface area contributed by atoms with Gasteiger partial charge in [0.25, 0.3) is 0 Å². The van der Waals surface area contributed by atoms with Crippen molar-refractivity contribution < 1.29 is 14.3 Å². The van der Waals surface area contributed by atoms with Crippen LogP contribution in [0.3, 0.4) is 0 Å². The number of nitrogens with zero attached hydrogens (tertiary/aromatic N) is 6. The normalized spacial score (nSPS) is 10.7. The van der Waals surface area contributed by atoms with Crippen molar-refractivity contribution in [3.8, 4) is 33.8 Å². The fraction of sp³-hybridized carbons (Fsp3) is 0. The van der Waals surface area contributed by atoms with Gasteiger partial charge in [-0.25, -0.2) is 0 Å². The smallest absolute Gasteiger partial charge is 0.380 e. The van der Waals surface area contributed by atoms with Gasteiger partial charge in [-0.3, -0.25) is 0 Å². The molecule has 0 amide bonds. The Hall–Kier alpha value is -5.25. The summed E-state index contributed by atoms with van der Waals surface area (Å²) in [6.45, 7) is 0. The van der Waals surface area contributed by atoms with Gasteiger partial charge in [-0.1, -0.05) is 91.0 Å². The summed E-state index contributed by atoms with van der Waals surface area (Å²) in [6, 6.07) is 34.9. The van der Waals surface area contributed by atoms with E-state index in [9.17, 15) is 0 Å². The molecule has 0 aliphatic carbocycles. The van der Waals surface area contributed by atoms with Gasteiger partial charge in [-0.2, -0.15) is 0 Å². The molecule has 0 spiro atoms. The highest BCUT2D eigenvalue weighted by Gasteiger charge is 2.35. The third-order valence-electron chi connectivity index (χ3n) is 5.53. The van der Waals surface area contributed by atoms with Gasteiger partial charge in [-0.05, 0) is 18.2 Å². The van der Waals surface area contributed by atoms with Gasteiger partial charge in [-0.15, -0.1) is 29.8 Å². The molecule has 9 nitrogen and oxygen atoms in total. The lowest BCUT2D eigenvalue weighted by atomic mass is 10.2. The van der Waals surface area contributed by atoms with E-state index in [1.165, 1.54) is 14.5 Å². The van der Waals surface area contributed by atoms with E-state index < -0.39 is 7.32 Å². The van der Waals surface area contributed by atoms with Gasteiger partial charge < -0.3 is 14.3 Å². The molecule has 180 valence electrons. The molecule has 0 aliphatic heterocycles. The fourth-order valence-electron chi connectivity index (χ4n) is 3.76. The Labute approximate surface area is 213 Å². The van der Waals surface area contributed by atoms with Gasteiger partial charge in [0.1, 0.15) is 5.69 Å². The molecular weight excluding hydrogens is 467 g/mol. The van der Waals surface area contributed by atoms with Crippen molar-refractivity contribution in [3.05, 3.63) is 128 Å². The van der Waals surface area contributed by atoms with E-state index in [1.54, 1.807) is 18.6 Å². The summed E-state index contributed by atoms with van der Waals surface area (Å²) in [7, 11) is -1.28. The van der Waals surface area contributed by atoms with Crippen molar-refractivity contribution in [1.29, 1.82) is 0 Å². The number of hydrogen-bond acceptors (Lipinski definition) is 6. The maximum Gasteiger partial charge on any atom is 0.929 e. The lowest BCUT2D eigenvalue weighted by Crippen LogP contribution is -2.49. The van der Waals surface area contributed by atoms with Gasteiger partial charge >= 0.3 is 7.32 Å². The van der Waals surface area contributed by atoms with E-state index in [1.807, 2.05) is 109 Å². The summed E-state index contributed by atoms with van der Waals surface area (Å²) in [5, 5.41) is 13.3. The van der Waals surface area contributed by atoms with Crippen molar-refractivity contribution in [3.63, 3.8) is 0 Å². The number of hydrogen-bond donors (Lipinski definition) is 0. The Morgan fingerprint density at radius 2 is 1.00 bits per heavy atom. The summed E-state index contributed by atoms with van der Waals surface area (Å²) >= 11 is 0. The molecule has 0 saturated heterocycles. The van der Waals surface area contributed by atoms with Gasteiger partial charge in [0, 0.05) is 16.7 Å². The van der Waals surface area contributed by atoms with Gasteiger partial charge in [0.2, 0.25) is 0 Å².